The summed E-state index contributed by atoms with van der Waals surface area (Å²) in [5.41, 5.74) is 0.886. The molecule has 0 aromatic heterocycles. The van der Waals surface area contributed by atoms with Gasteiger partial charge in [-0.3, -0.25) is 10.1 Å². The smallest absolute Gasteiger partial charge is 0.246 e. The van der Waals surface area contributed by atoms with Gasteiger partial charge in [0, 0.05) is 18.1 Å². The van der Waals surface area contributed by atoms with Crippen LogP contribution in [0.25, 0.3) is 6.08 Å². The van der Waals surface area contributed by atoms with Gasteiger partial charge in [0.15, 0.2) is 11.5 Å². The van der Waals surface area contributed by atoms with E-state index in [0.717, 1.165) is 6.42 Å². The zero-order chi connectivity index (χ0) is 12.3. The molecule has 1 aromatic rings. The predicted octanol–water partition coefficient (Wildman–Crippen LogP) is 2.83. The third kappa shape index (κ3) is 2.38. The van der Waals surface area contributed by atoms with Crippen LogP contribution in [0.1, 0.15) is 25.3 Å². The second-order valence-corrected chi connectivity index (χ2v) is 3.72. The Kier molecular flexibility index (Phi) is 3.27. The second-order valence-electron chi connectivity index (χ2n) is 3.72. The molecule has 1 heterocycles. The molecule has 0 aliphatic carbocycles. The van der Waals surface area contributed by atoms with E-state index in [1.807, 2.05) is 6.92 Å². The first-order valence-corrected chi connectivity index (χ1v) is 5.46. The van der Waals surface area contributed by atoms with E-state index in [1.54, 1.807) is 24.3 Å². The van der Waals surface area contributed by atoms with E-state index in [1.165, 1.54) is 0 Å². The highest BCUT2D eigenvalue weighted by atomic mass is 16.7. The summed E-state index contributed by atoms with van der Waals surface area (Å²) >= 11 is 0. The Morgan fingerprint density at radius 1 is 1.53 bits per heavy atom. The van der Waals surface area contributed by atoms with Crippen LogP contribution in [0.5, 0.6) is 11.5 Å². The molecule has 5 heteroatoms. The molecule has 1 aromatic carbocycles. The van der Waals surface area contributed by atoms with Crippen molar-refractivity contribution in [2.24, 2.45) is 0 Å². The molecule has 1 aliphatic rings. The molecular formula is C12H13NO4. The summed E-state index contributed by atoms with van der Waals surface area (Å²) in [6.45, 7) is 2.08. The summed E-state index contributed by atoms with van der Waals surface area (Å²) in [6.07, 6.45) is 2.73. The van der Waals surface area contributed by atoms with Crippen LogP contribution in [0, 0.1) is 10.1 Å². The van der Waals surface area contributed by atoms with Crippen LogP contribution in [-0.4, -0.2) is 11.7 Å². The van der Waals surface area contributed by atoms with Gasteiger partial charge in [-0.15, -0.1) is 0 Å². The van der Waals surface area contributed by atoms with E-state index in [2.05, 4.69) is 0 Å². The average Bonchev–Trinajstić information content (AvgIpc) is 2.77. The molecule has 0 bridgehead atoms. The Morgan fingerprint density at radius 2 is 2.35 bits per heavy atom. The van der Waals surface area contributed by atoms with Crippen molar-refractivity contribution in [1.29, 1.82) is 0 Å². The molecule has 0 N–H and O–H groups in total. The number of hydrogen-bond donors (Lipinski definition) is 0. The van der Waals surface area contributed by atoms with Gasteiger partial charge in [-0.2, -0.15) is 0 Å². The molecule has 0 spiro atoms. The number of nitro groups is 1. The van der Waals surface area contributed by atoms with Crippen LogP contribution in [0.4, 0.5) is 0 Å². The first-order chi connectivity index (χ1) is 8.22. The van der Waals surface area contributed by atoms with Gasteiger partial charge in [0.05, 0.1) is 4.92 Å². The van der Waals surface area contributed by atoms with E-state index in [-0.39, 0.29) is 17.4 Å². The molecule has 0 saturated carbocycles. The lowest BCUT2D eigenvalue weighted by Gasteiger charge is -2.01. The predicted molar refractivity (Wildman–Crippen MR) is 62.4 cm³/mol. The number of hydrogen-bond acceptors (Lipinski definition) is 4. The molecule has 0 fully saturated rings. The van der Waals surface area contributed by atoms with E-state index in [0.29, 0.717) is 23.5 Å². The average molecular weight is 235 g/mol. The third-order valence-electron chi connectivity index (χ3n) is 2.49. The number of rotatable bonds is 4. The lowest BCUT2D eigenvalue weighted by Crippen LogP contribution is -1.98. The first-order valence-electron chi connectivity index (χ1n) is 5.46. The molecule has 17 heavy (non-hydrogen) atoms. The van der Waals surface area contributed by atoms with Gasteiger partial charge < -0.3 is 9.47 Å². The van der Waals surface area contributed by atoms with Gasteiger partial charge in [-0.25, -0.2) is 0 Å². The van der Waals surface area contributed by atoms with Crippen molar-refractivity contribution in [3.63, 3.8) is 0 Å². The maximum atomic E-state index is 10.9. The fraction of sp³-hybridized carbons (Fsp3) is 0.333. The van der Waals surface area contributed by atoms with Crippen molar-refractivity contribution >= 4 is 6.08 Å². The van der Waals surface area contributed by atoms with E-state index in [9.17, 15) is 10.1 Å². The van der Waals surface area contributed by atoms with Crippen molar-refractivity contribution in [2.45, 2.75) is 19.8 Å². The summed E-state index contributed by atoms with van der Waals surface area (Å²) in [5.74, 6) is 1.22. The standard InChI is InChI=1S/C12H13NO4/c1-2-4-10(13(14)15)7-9-5-3-6-11-12(9)17-8-16-11/h3,5-7H,2,4,8H2,1H3. The van der Waals surface area contributed by atoms with Gasteiger partial charge in [0.1, 0.15) is 0 Å². The number of allylic oxidation sites excluding steroid dienone is 1. The van der Waals surface area contributed by atoms with Crippen molar-refractivity contribution in [2.75, 3.05) is 6.79 Å². The highest BCUT2D eigenvalue weighted by Crippen LogP contribution is 2.36. The lowest BCUT2D eigenvalue weighted by atomic mass is 10.1. The summed E-state index contributed by atoms with van der Waals surface area (Å²) in [4.78, 5) is 10.5. The van der Waals surface area contributed by atoms with Crippen LogP contribution in [-0.2, 0) is 0 Å². The maximum absolute atomic E-state index is 10.9. The molecular weight excluding hydrogens is 222 g/mol. The molecule has 1 aliphatic heterocycles. The Hall–Kier alpha value is -2.04. The monoisotopic (exact) mass is 235 g/mol. The zero-order valence-electron chi connectivity index (χ0n) is 9.51. The Labute approximate surface area is 98.8 Å². The van der Waals surface area contributed by atoms with Crippen LogP contribution < -0.4 is 9.47 Å². The number of fused-ring (bicyclic) bond motifs is 1. The highest BCUT2D eigenvalue weighted by Gasteiger charge is 2.18. The molecule has 0 saturated heterocycles. The number of benzene rings is 1. The van der Waals surface area contributed by atoms with E-state index >= 15 is 0 Å². The van der Waals surface area contributed by atoms with Crippen molar-refractivity contribution in [1.82, 2.24) is 0 Å². The quantitative estimate of drug-likeness (QED) is 0.594. The van der Waals surface area contributed by atoms with E-state index in [4.69, 9.17) is 9.47 Å². The van der Waals surface area contributed by atoms with Crippen LogP contribution >= 0.6 is 0 Å². The molecule has 0 atom stereocenters. The van der Waals surface area contributed by atoms with Crippen LogP contribution in [0.3, 0.4) is 0 Å². The number of ether oxygens (including phenoxy) is 2. The van der Waals surface area contributed by atoms with Gasteiger partial charge >= 0.3 is 0 Å². The molecule has 0 amide bonds. The SMILES string of the molecule is CCCC(=Cc1cccc2c1OCO2)[N+](=O)[O-]. The highest BCUT2D eigenvalue weighted by molar-refractivity contribution is 5.63. The second kappa shape index (κ2) is 4.86. The fourth-order valence-corrected chi connectivity index (χ4v) is 1.72. The zero-order valence-corrected chi connectivity index (χ0v) is 9.51. The maximum Gasteiger partial charge on any atom is 0.246 e. The first kappa shape index (κ1) is 11.4. The van der Waals surface area contributed by atoms with Gasteiger partial charge in [0.25, 0.3) is 0 Å². The fourth-order valence-electron chi connectivity index (χ4n) is 1.72. The number of nitrogens with zero attached hydrogens (tertiary/aromatic N) is 1. The van der Waals surface area contributed by atoms with Crippen molar-refractivity contribution in [3.8, 4) is 11.5 Å². The Balaban J connectivity index is 2.37. The topological polar surface area (TPSA) is 61.6 Å². The lowest BCUT2D eigenvalue weighted by molar-refractivity contribution is -0.426. The minimum absolute atomic E-state index is 0.168. The summed E-state index contributed by atoms with van der Waals surface area (Å²) in [7, 11) is 0. The Bertz CT molecular complexity index is 468. The van der Waals surface area contributed by atoms with Gasteiger partial charge in [0.2, 0.25) is 12.5 Å². The van der Waals surface area contributed by atoms with E-state index < -0.39 is 0 Å². The number of para-hydroxylation sites is 1. The summed E-state index contributed by atoms with van der Waals surface area (Å²) in [6, 6.07) is 5.36. The minimum Gasteiger partial charge on any atom is -0.454 e. The summed E-state index contributed by atoms with van der Waals surface area (Å²) in [5, 5.41) is 10.9. The molecule has 0 radical (unpaired) electrons. The normalized spacial score (nSPS) is 13.8. The third-order valence-corrected chi connectivity index (χ3v) is 2.49. The minimum atomic E-state index is -0.349. The van der Waals surface area contributed by atoms with Crippen molar-refractivity contribution in [3.05, 3.63) is 39.6 Å². The largest absolute Gasteiger partial charge is 0.454 e. The van der Waals surface area contributed by atoms with Crippen molar-refractivity contribution < 1.29 is 14.4 Å². The van der Waals surface area contributed by atoms with Crippen LogP contribution in [0.15, 0.2) is 23.9 Å². The Morgan fingerprint density at radius 3 is 3.06 bits per heavy atom. The molecule has 5 nitrogen and oxygen atoms in total. The molecule has 90 valence electrons. The summed E-state index contributed by atoms with van der Waals surface area (Å²) < 4.78 is 10.5. The molecule has 0 unspecified atom stereocenters. The van der Waals surface area contributed by atoms with Gasteiger partial charge in [-0.1, -0.05) is 19.1 Å². The van der Waals surface area contributed by atoms with Crippen LogP contribution in [0.2, 0.25) is 0 Å². The van der Waals surface area contributed by atoms with Gasteiger partial charge in [-0.05, 0) is 12.5 Å². The molecule has 2 rings (SSSR count).